The molecule has 9 heteroatoms. The second-order valence-corrected chi connectivity index (χ2v) is 9.95. The van der Waals surface area contributed by atoms with Gasteiger partial charge in [0, 0.05) is 48.6 Å². The molecular formula is C27H32ClF2N3O3. The van der Waals surface area contributed by atoms with Gasteiger partial charge in [-0.25, -0.2) is 8.78 Å². The zero-order valence-corrected chi connectivity index (χ0v) is 21.1. The molecule has 2 aromatic carbocycles. The summed E-state index contributed by atoms with van der Waals surface area (Å²) in [5.74, 6) is -0.549. The lowest BCUT2D eigenvalue weighted by Gasteiger charge is -2.41. The fraction of sp³-hybridized carbons (Fsp3) is 0.444. The van der Waals surface area contributed by atoms with E-state index >= 15 is 0 Å². The van der Waals surface area contributed by atoms with Crippen molar-refractivity contribution in [1.82, 2.24) is 9.88 Å². The molecule has 4 rings (SSSR count). The Morgan fingerprint density at radius 2 is 1.89 bits per heavy atom. The van der Waals surface area contributed by atoms with E-state index in [0.717, 1.165) is 49.4 Å². The zero-order chi connectivity index (χ0) is 25.7. The Bertz CT molecular complexity index is 1170. The van der Waals surface area contributed by atoms with Crippen molar-refractivity contribution in [1.29, 1.82) is 0 Å². The number of likely N-dealkylation sites (tertiary alicyclic amines) is 1. The van der Waals surface area contributed by atoms with Gasteiger partial charge in [-0.3, -0.25) is 4.98 Å². The van der Waals surface area contributed by atoms with Crippen LogP contribution < -0.4 is 10.1 Å². The summed E-state index contributed by atoms with van der Waals surface area (Å²) in [6.45, 7) is 2.93. The average Bonchev–Trinajstić information content (AvgIpc) is 2.87. The van der Waals surface area contributed by atoms with Crippen LogP contribution in [0.1, 0.15) is 37.4 Å². The van der Waals surface area contributed by atoms with Crippen LogP contribution in [0.2, 0.25) is 5.02 Å². The number of anilines is 1. The first-order valence-electron chi connectivity index (χ1n) is 12.2. The Balaban J connectivity index is 1.33. The van der Waals surface area contributed by atoms with Crippen LogP contribution in [-0.2, 0) is 0 Å². The van der Waals surface area contributed by atoms with Gasteiger partial charge in [0.2, 0.25) is 0 Å². The highest BCUT2D eigenvalue weighted by Gasteiger charge is 2.34. The topological polar surface area (TPSA) is 77.8 Å². The maximum Gasteiger partial charge on any atom is 0.128 e. The van der Waals surface area contributed by atoms with Crippen LogP contribution in [0.3, 0.4) is 0 Å². The van der Waals surface area contributed by atoms with E-state index in [1.165, 1.54) is 12.1 Å². The lowest BCUT2D eigenvalue weighted by Crippen LogP contribution is -2.43. The number of benzene rings is 2. The minimum absolute atomic E-state index is 0.0486. The first-order valence-corrected chi connectivity index (χ1v) is 12.5. The van der Waals surface area contributed by atoms with Crippen molar-refractivity contribution in [2.75, 3.05) is 45.2 Å². The molecule has 1 aliphatic rings. The van der Waals surface area contributed by atoms with Crippen molar-refractivity contribution < 1.29 is 23.7 Å². The highest BCUT2D eigenvalue weighted by atomic mass is 35.5. The predicted molar refractivity (Wildman–Crippen MR) is 138 cm³/mol. The third-order valence-electron chi connectivity index (χ3n) is 7.22. The molecule has 0 spiro atoms. The van der Waals surface area contributed by atoms with Crippen LogP contribution >= 0.6 is 11.6 Å². The van der Waals surface area contributed by atoms with Crippen molar-refractivity contribution >= 4 is 28.2 Å². The van der Waals surface area contributed by atoms with E-state index in [4.69, 9.17) is 16.3 Å². The SMILES string of the molecule is COc1ccc2ncc(Cl)c([C@H](O)CCC3(CO)CCN(CCNc4cc(F)cc(F)c4)CC3)c2c1. The summed E-state index contributed by atoms with van der Waals surface area (Å²) in [6.07, 6.45) is 3.47. The van der Waals surface area contributed by atoms with E-state index in [-0.39, 0.29) is 12.0 Å². The largest absolute Gasteiger partial charge is 0.497 e. The van der Waals surface area contributed by atoms with Crippen molar-refractivity contribution in [2.45, 2.75) is 31.8 Å². The Kier molecular flexibility index (Phi) is 8.62. The molecule has 36 heavy (non-hydrogen) atoms. The summed E-state index contributed by atoms with van der Waals surface area (Å²) >= 11 is 6.45. The summed E-state index contributed by atoms with van der Waals surface area (Å²) < 4.78 is 32.0. The number of hydrogen-bond donors (Lipinski definition) is 3. The summed E-state index contributed by atoms with van der Waals surface area (Å²) in [6, 6.07) is 8.89. The van der Waals surface area contributed by atoms with Crippen molar-refractivity contribution in [3.05, 3.63) is 64.8 Å². The molecule has 3 aromatic rings. The van der Waals surface area contributed by atoms with Crippen LogP contribution in [0, 0.1) is 17.0 Å². The molecule has 0 radical (unpaired) electrons. The van der Waals surface area contributed by atoms with E-state index in [0.29, 0.717) is 41.4 Å². The van der Waals surface area contributed by atoms with Crippen LogP contribution in [0.5, 0.6) is 5.75 Å². The molecule has 0 bridgehead atoms. The van der Waals surface area contributed by atoms with Crippen LogP contribution in [0.25, 0.3) is 10.9 Å². The molecule has 6 nitrogen and oxygen atoms in total. The highest BCUT2D eigenvalue weighted by Crippen LogP contribution is 2.40. The van der Waals surface area contributed by atoms with Crippen LogP contribution in [0.15, 0.2) is 42.6 Å². The number of methoxy groups -OCH3 is 1. The van der Waals surface area contributed by atoms with Gasteiger partial charge in [-0.05, 0) is 74.5 Å². The van der Waals surface area contributed by atoms with Crippen molar-refractivity contribution in [2.24, 2.45) is 5.41 Å². The molecular weight excluding hydrogens is 488 g/mol. The number of aliphatic hydroxyl groups excluding tert-OH is 2. The zero-order valence-electron chi connectivity index (χ0n) is 20.3. The minimum Gasteiger partial charge on any atom is -0.497 e. The summed E-state index contributed by atoms with van der Waals surface area (Å²) in [5, 5.41) is 25.6. The standard InChI is InChI=1S/C27H32ClF2N3O3/c1-36-21-2-3-24-22(15-21)26(23(28)16-32-24)25(35)4-5-27(17-34)6-9-33(10-7-27)11-8-31-20-13-18(29)12-19(30)14-20/h2-3,12-16,25,31,34-35H,4-11,17H2,1H3/t25-/m1/s1. The quantitative estimate of drug-likeness (QED) is 0.343. The number of nitrogens with zero attached hydrogens (tertiary/aromatic N) is 2. The summed E-state index contributed by atoms with van der Waals surface area (Å²) in [4.78, 5) is 6.62. The monoisotopic (exact) mass is 519 g/mol. The summed E-state index contributed by atoms with van der Waals surface area (Å²) in [5.41, 5.74) is 1.51. The number of pyridine rings is 1. The predicted octanol–water partition coefficient (Wildman–Crippen LogP) is 5.18. The smallest absolute Gasteiger partial charge is 0.128 e. The van der Waals surface area contributed by atoms with Gasteiger partial charge in [0.05, 0.1) is 23.8 Å². The molecule has 1 aliphatic heterocycles. The maximum atomic E-state index is 13.4. The number of piperidine rings is 1. The number of fused-ring (bicyclic) bond motifs is 1. The van der Waals surface area contributed by atoms with Crippen molar-refractivity contribution in [3.8, 4) is 5.75 Å². The Morgan fingerprint density at radius 3 is 2.56 bits per heavy atom. The Labute approximate surface area is 214 Å². The van der Waals surface area contributed by atoms with Gasteiger partial charge < -0.3 is 25.2 Å². The molecule has 1 fully saturated rings. The summed E-state index contributed by atoms with van der Waals surface area (Å²) in [7, 11) is 1.59. The lowest BCUT2D eigenvalue weighted by atomic mass is 9.74. The first kappa shape index (κ1) is 26.5. The number of hydrogen-bond acceptors (Lipinski definition) is 6. The van der Waals surface area contributed by atoms with E-state index in [9.17, 15) is 19.0 Å². The van der Waals surface area contributed by atoms with Gasteiger partial charge in [0.1, 0.15) is 17.4 Å². The molecule has 0 saturated carbocycles. The number of halogens is 3. The molecule has 2 heterocycles. The molecule has 1 atom stereocenters. The highest BCUT2D eigenvalue weighted by molar-refractivity contribution is 6.32. The lowest BCUT2D eigenvalue weighted by molar-refractivity contribution is 0.0248. The van der Waals surface area contributed by atoms with Gasteiger partial charge in [0.15, 0.2) is 0 Å². The van der Waals surface area contributed by atoms with E-state index in [2.05, 4.69) is 15.2 Å². The van der Waals surface area contributed by atoms with Crippen LogP contribution in [0.4, 0.5) is 14.5 Å². The minimum atomic E-state index is -0.799. The number of nitrogens with one attached hydrogen (secondary N) is 1. The second-order valence-electron chi connectivity index (χ2n) is 9.54. The van der Waals surface area contributed by atoms with Crippen molar-refractivity contribution in [3.63, 3.8) is 0 Å². The third-order valence-corrected chi connectivity index (χ3v) is 7.52. The normalized spacial score (nSPS) is 16.7. The number of rotatable bonds is 10. The number of aromatic nitrogens is 1. The fourth-order valence-electron chi connectivity index (χ4n) is 4.97. The molecule has 0 aliphatic carbocycles. The van der Waals surface area contributed by atoms with Crippen LogP contribution in [-0.4, -0.2) is 60.0 Å². The maximum absolute atomic E-state index is 13.4. The molecule has 194 valence electrons. The molecule has 0 amide bonds. The number of aliphatic hydroxyl groups is 2. The Hall–Kier alpha value is -2.52. The van der Waals surface area contributed by atoms with Gasteiger partial charge in [-0.1, -0.05) is 11.6 Å². The van der Waals surface area contributed by atoms with Gasteiger partial charge in [0.25, 0.3) is 0 Å². The third kappa shape index (κ3) is 6.24. The Morgan fingerprint density at radius 1 is 1.17 bits per heavy atom. The first-order chi connectivity index (χ1) is 17.3. The second kappa shape index (κ2) is 11.7. The van der Waals surface area contributed by atoms with Gasteiger partial charge in [-0.2, -0.15) is 0 Å². The molecule has 0 unspecified atom stereocenters. The molecule has 1 aromatic heterocycles. The van der Waals surface area contributed by atoms with Gasteiger partial charge >= 0.3 is 0 Å². The molecule has 1 saturated heterocycles. The average molecular weight is 520 g/mol. The fourth-order valence-corrected chi connectivity index (χ4v) is 5.25. The van der Waals surface area contributed by atoms with E-state index in [1.807, 2.05) is 18.2 Å². The van der Waals surface area contributed by atoms with Gasteiger partial charge in [-0.15, -0.1) is 0 Å². The van der Waals surface area contributed by atoms with E-state index in [1.54, 1.807) is 13.3 Å². The van der Waals surface area contributed by atoms with E-state index < -0.39 is 17.7 Å². The number of ether oxygens (including phenoxy) is 1. The molecule has 3 N–H and O–H groups in total.